The van der Waals surface area contributed by atoms with Crippen molar-refractivity contribution in [2.45, 2.75) is 13.8 Å². The van der Waals surface area contributed by atoms with E-state index in [1.54, 1.807) is 0 Å². The fraction of sp³-hybridized carbons (Fsp3) is 0.333. The molecule has 0 atom stereocenters. The summed E-state index contributed by atoms with van der Waals surface area (Å²) < 4.78 is 4.88. The normalized spacial score (nSPS) is 10.4. The van der Waals surface area contributed by atoms with Crippen LogP contribution in [0.1, 0.15) is 21.0 Å². The predicted octanol–water partition coefficient (Wildman–Crippen LogP) is 2.22. The van der Waals surface area contributed by atoms with Gasteiger partial charge in [-0.2, -0.15) is 0 Å². The number of allylic oxidation sites excluding steroid dienone is 1. The number of nitrogens with zero attached hydrogens (tertiary/aromatic N) is 1. The first-order valence-corrected chi connectivity index (χ1v) is 3.95. The maximum absolute atomic E-state index is 10.8. The van der Waals surface area contributed by atoms with E-state index < -0.39 is 5.76 Å². The van der Waals surface area contributed by atoms with Crippen molar-refractivity contribution in [1.82, 2.24) is 4.98 Å². The third kappa shape index (κ3) is 1.77. The Morgan fingerprint density at radius 3 is 2.77 bits per heavy atom. The van der Waals surface area contributed by atoms with E-state index in [1.807, 2.05) is 13.8 Å². The van der Waals surface area contributed by atoms with E-state index in [2.05, 4.69) is 23.3 Å². The number of rotatable bonds is 3. The van der Waals surface area contributed by atoms with Crippen LogP contribution in [0, 0.1) is 5.92 Å². The Morgan fingerprint density at radius 1 is 1.69 bits per heavy atom. The van der Waals surface area contributed by atoms with Crippen molar-refractivity contribution in [2.75, 3.05) is 0 Å². The lowest BCUT2D eigenvalue weighted by atomic mass is 10.0. The highest BCUT2D eigenvalue weighted by molar-refractivity contribution is 5.68. The number of nitrogens with one attached hydrogen (secondary N) is 1. The van der Waals surface area contributed by atoms with Crippen molar-refractivity contribution in [3.63, 3.8) is 0 Å². The molecule has 0 aliphatic heterocycles. The molecule has 0 aromatic carbocycles. The van der Waals surface area contributed by atoms with Gasteiger partial charge < -0.3 is 4.42 Å². The van der Waals surface area contributed by atoms with Crippen LogP contribution in [0.25, 0.3) is 5.57 Å². The second kappa shape index (κ2) is 3.43. The quantitative estimate of drug-likeness (QED) is 0.728. The molecule has 4 nitrogen and oxygen atoms in total. The summed E-state index contributed by atoms with van der Waals surface area (Å²) >= 11 is 0. The summed E-state index contributed by atoms with van der Waals surface area (Å²) in [5, 5.41) is 0. The first-order chi connectivity index (χ1) is 6.06. The van der Waals surface area contributed by atoms with Gasteiger partial charge in [-0.3, -0.25) is 4.98 Å². The van der Waals surface area contributed by atoms with E-state index in [4.69, 9.17) is 4.42 Å². The van der Waals surface area contributed by atoms with Crippen molar-refractivity contribution in [3.8, 4) is 0 Å². The molecule has 13 heavy (non-hydrogen) atoms. The van der Waals surface area contributed by atoms with Crippen molar-refractivity contribution < 1.29 is 5.84 Å². The highest BCUT2D eigenvalue weighted by Gasteiger charge is 2.14. The van der Waals surface area contributed by atoms with Gasteiger partial charge in [0.15, 0.2) is 11.6 Å². The zero-order valence-corrected chi connectivity index (χ0v) is 7.76. The molecule has 72 valence electrons. The number of aromatic nitrogens is 1. The standard InChI is InChI=1S/C9H12N2O2.H2/c1-5(2)6(3)7-8(10-4)11-9(12)13-7;/h5H,3-4H2,1-2H3,(H,11,12);1H. The number of hydrogen-bond acceptors (Lipinski definition) is 3. The molecule has 0 aliphatic rings. The molecule has 1 rings (SSSR count). The Balaban J connectivity index is 0.00000169. The maximum atomic E-state index is 10.8. The van der Waals surface area contributed by atoms with Gasteiger partial charge in [0.25, 0.3) is 0 Å². The SMILES string of the molecule is C=Nc1[nH]c(=O)oc1C(=C)C(C)C.[HH]. The molecule has 0 saturated heterocycles. The first kappa shape index (κ1) is 9.51. The van der Waals surface area contributed by atoms with Crippen LogP contribution < -0.4 is 5.76 Å². The highest BCUT2D eigenvalue weighted by Crippen LogP contribution is 2.26. The fourth-order valence-corrected chi connectivity index (χ4v) is 0.911. The number of oxazole rings is 1. The van der Waals surface area contributed by atoms with Gasteiger partial charge in [0.2, 0.25) is 0 Å². The van der Waals surface area contributed by atoms with Crippen LogP contribution in [0.5, 0.6) is 0 Å². The molecular weight excluding hydrogens is 168 g/mol. The Bertz CT molecular complexity index is 390. The van der Waals surface area contributed by atoms with Crippen LogP contribution in [0.15, 0.2) is 20.8 Å². The molecule has 1 aromatic rings. The van der Waals surface area contributed by atoms with Gasteiger partial charge in [-0.1, -0.05) is 20.4 Å². The maximum Gasteiger partial charge on any atom is 0.418 e. The minimum atomic E-state index is -0.529. The van der Waals surface area contributed by atoms with Gasteiger partial charge in [0, 0.05) is 1.43 Å². The van der Waals surface area contributed by atoms with Crippen LogP contribution in [0.4, 0.5) is 5.82 Å². The van der Waals surface area contributed by atoms with E-state index >= 15 is 0 Å². The largest absolute Gasteiger partial charge is 0.418 e. The summed E-state index contributed by atoms with van der Waals surface area (Å²) in [7, 11) is 0. The van der Waals surface area contributed by atoms with Crippen LogP contribution in [0.2, 0.25) is 0 Å². The predicted molar refractivity (Wildman–Crippen MR) is 54.5 cm³/mol. The molecule has 1 N–H and O–H groups in total. The number of aromatic amines is 1. The number of aliphatic imine (C=N–C) groups is 1. The van der Waals surface area contributed by atoms with E-state index in [0.717, 1.165) is 5.57 Å². The van der Waals surface area contributed by atoms with Gasteiger partial charge in [0.1, 0.15) is 0 Å². The lowest BCUT2D eigenvalue weighted by Gasteiger charge is -2.04. The van der Waals surface area contributed by atoms with Crippen LogP contribution >= 0.6 is 0 Å². The van der Waals surface area contributed by atoms with Gasteiger partial charge in [-0.25, -0.2) is 9.79 Å². The van der Waals surface area contributed by atoms with Crippen LogP contribution in [-0.2, 0) is 0 Å². The highest BCUT2D eigenvalue weighted by atomic mass is 16.4. The summed E-state index contributed by atoms with van der Waals surface area (Å²) in [6.07, 6.45) is 0. The molecule has 1 heterocycles. The van der Waals surface area contributed by atoms with E-state index in [1.165, 1.54) is 0 Å². The smallest absolute Gasteiger partial charge is 0.406 e. The van der Waals surface area contributed by atoms with Gasteiger partial charge in [-0.15, -0.1) is 0 Å². The Kier molecular flexibility index (Phi) is 2.51. The summed E-state index contributed by atoms with van der Waals surface area (Å²) in [6.45, 7) is 11.1. The molecule has 0 unspecified atom stereocenters. The minimum absolute atomic E-state index is 0. The topological polar surface area (TPSA) is 58.4 Å². The Morgan fingerprint density at radius 2 is 2.31 bits per heavy atom. The first-order valence-electron chi connectivity index (χ1n) is 3.95. The fourth-order valence-electron chi connectivity index (χ4n) is 0.911. The molecular formula is C9H14N2O2. The Labute approximate surface area is 77.5 Å². The monoisotopic (exact) mass is 182 g/mol. The third-order valence-electron chi connectivity index (χ3n) is 1.78. The summed E-state index contributed by atoms with van der Waals surface area (Å²) in [5.41, 5.74) is 0.737. The zero-order chi connectivity index (χ0) is 10.0. The zero-order valence-electron chi connectivity index (χ0n) is 7.76. The lowest BCUT2D eigenvalue weighted by molar-refractivity contribution is 0.498. The molecule has 0 amide bonds. The summed E-state index contributed by atoms with van der Waals surface area (Å²) in [5.74, 6) is 0.428. The average Bonchev–Trinajstić information content (AvgIpc) is 2.45. The van der Waals surface area contributed by atoms with Gasteiger partial charge in [0.05, 0.1) is 0 Å². The molecule has 0 saturated carbocycles. The van der Waals surface area contributed by atoms with Crippen molar-refractivity contribution in [3.05, 3.63) is 22.9 Å². The molecule has 1 aromatic heterocycles. The second-order valence-electron chi connectivity index (χ2n) is 3.03. The number of H-pyrrole nitrogens is 1. The van der Waals surface area contributed by atoms with Crippen molar-refractivity contribution in [1.29, 1.82) is 0 Å². The Hall–Kier alpha value is -1.58. The van der Waals surface area contributed by atoms with Crippen LogP contribution in [0.3, 0.4) is 0 Å². The summed E-state index contributed by atoms with van der Waals surface area (Å²) in [6, 6.07) is 0. The molecule has 0 bridgehead atoms. The van der Waals surface area contributed by atoms with E-state index in [9.17, 15) is 4.79 Å². The molecule has 0 radical (unpaired) electrons. The van der Waals surface area contributed by atoms with E-state index in [-0.39, 0.29) is 7.34 Å². The third-order valence-corrected chi connectivity index (χ3v) is 1.78. The molecule has 0 aliphatic carbocycles. The second-order valence-corrected chi connectivity index (χ2v) is 3.03. The molecule has 4 heteroatoms. The average molecular weight is 182 g/mol. The molecule has 0 spiro atoms. The number of hydrogen-bond donors (Lipinski definition) is 1. The van der Waals surface area contributed by atoms with Crippen LogP contribution in [-0.4, -0.2) is 11.7 Å². The summed E-state index contributed by atoms with van der Waals surface area (Å²) in [4.78, 5) is 16.9. The molecule has 0 fully saturated rings. The van der Waals surface area contributed by atoms with E-state index in [0.29, 0.717) is 11.6 Å². The minimum Gasteiger partial charge on any atom is -0.406 e. The van der Waals surface area contributed by atoms with Crippen molar-refractivity contribution >= 4 is 18.1 Å². The van der Waals surface area contributed by atoms with Gasteiger partial charge >= 0.3 is 5.76 Å². The lowest BCUT2D eigenvalue weighted by Crippen LogP contribution is -1.94. The van der Waals surface area contributed by atoms with Crippen molar-refractivity contribution in [2.24, 2.45) is 10.9 Å². The van der Waals surface area contributed by atoms with Gasteiger partial charge in [-0.05, 0) is 18.2 Å².